The highest BCUT2D eigenvalue weighted by molar-refractivity contribution is 5.97. The van der Waals surface area contributed by atoms with Crippen molar-refractivity contribution in [3.63, 3.8) is 0 Å². The average Bonchev–Trinajstić information content (AvgIpc) is 2.49. The van der Waals surface area contributed by atoms with Crippen molar-refractivity contribution in [1.29, 1.82) is 0 Å². The Morgan fingerprint density at radius 3 is 2.81 bits per heavy atom. The lowest BCUT2D eigenvalue weighted by Gasteiger charge is -2.35. The minimum atomic E-state index is 0.160. The highest BCUT2D eigenvalue weighted by Crippen LogP contribution is 2.29. The molecule has 0 amide bonds. The van der Waals surface area contributed by atoms with Crippen molar-refractivity contribution < 1.29 is 5.21 Å². The molecule has 4 N–H and O–H groups in total. The third-order valence-corrected chi connectivity index (χ3v) is 5.01. The third-order valence-electron chi connectivity index (χ3n) is 5.01. The number of aryl methyl sites for hydroxylation is 1. The predicted octanol–water partition coefficient (Wildman–Crippen LogP) is 3.00. The molecule has 0 heterocycles. The molecule has 116 valence electrons. The van der Waals surface area contributed by atoms with E-state index in [1.165, 1.54) is 30.4 Å². The van der Waals surface area contributed by atoms with Gasteiger partial charge in [0, 0.05) is 18.2 Å². The molecule has 21 heavy (non-hydrogen) atoms. The molecule has 2 rings (SSSR count). The molecule has 0 radical (unpaired) electrons. The Morgan fingerprint density at radius 2 is 2.14 bits per heavy atom. The maximum absolute atomic E-state index is 8.73. The first-order valence-electron chi connectivity index (χ1n) is 7.83. The van der Waals surface area contributed by atoms with Crippen LogP contribution in [0, 0.1) is 18.8 Å². The zero-order valence-corrected chi connectivity index (χ0v) is 13.3. The smallest absolute Gasteiger partial charge is 0.170 e. The summed E-state index contributed by atoms with van der Waals surface area (Å²) >= 11 is 0. The van der Waals surface area contributed by atoms with Crippen molar-refractivity contribution in [3.05, 3.63) is 34.9 Å². The van der Waals surface area contributed by atoms with Crippen LogP contribution in [0.1, 0.15) is 49.8 Å². The monoisotopic (exact) mass is 289 g/mol. The molecular formula is C17H27N3O. The molecule has 1 aromatic rings. The standard InChI is InChI=1S/C17H27N3O/c1-11-5-4-6-16(13(11)3)19-10-15-8-7-14(9-12(15)2)17(18)20-21/h7-9,11,13,16,19,21H,4-6,10H2,1-3H3,(H2,18,20). The van der Waals surface area contributed by atoms with E-state index in [-0.39, 0.29) is 5.84 Å². The molecule has 1 aromatic carbocycles. The summed E-state index contributed by atoms with van der Waals surface area (Å²) in [6.45, 7) is 7.66. The van der Waals surface area contributed by atoms with Crippen LogP contribution in [0.2, 0.25) is 0 Å². The number of hydrogen-bond acceptors (Lipinski definition) is 3. The maximum Gasteiger partial charge on any atom is 0.170 e. The molecule has 0 aliphatic heterocycles. The SMILES string of the molecule is Cc1cc(/C(N)=N/O)ccc1CNC1CCCC(C)C1C. The minimum absolute atomic E-state index is 0.160. The first-order valence-corrected chi connectivity index (χ1v) is 7.83. The third kappa shape index (κ3) is 3.76. The number of hydrogen-bond donors (Lipinski definition) is 3. The number of nitrogens with one attached hydrogen (secondary N) is 1. The molecule has 0 spiro atoms. The average molecular weight is 289 g/mol. The van der Waals surface area contributed by atoms with Crippen LogP contribution < -0.4 is 11.1 Å². The van der Waals surface area contributed by atoms with Gasteiger partial charge < -0.3 is 16.3 Å². The molecule has 1 aliphatic rings. The van der Waals surface area contributed by atoms with Gasteiger partial charge in [0.1, 0.15) is 0 Å². The molecule has 3 unspecified atom stereocenters. The highest BCUT2D eigenvalue weighted by atomic mass is 16.4. The van der Waals surface area contributed by atoms with Crippen molar-refractivity contribution in [1.82, 2.24) is 5.32 Å². The zero-order chi connectivity index (χ0) is 15.4. The second kappa shape index (κ2) is 6.94. The van der Waals surface area contributed by atoms with Gasteiger partial charge >= 0.3 is 0 Å². The zero-order valence-electron chi connectivity index (χ0n) is 13.3. The van der Waals surface area contributed by atoms with Crippen molar-refractivity contribution >= 4 is 5.84 Å². The van der Waals surface area contributed by atoms with Gasteiger partial charge in [-0.1, -0.05) is 44.0 Å². The minimum Gasteiger partial charge on any atom is -0.409 e. The van der Waals surface area contributed by atoms with Gasteiger partial charge in [-0.05, 0) is 42.4 Å². The number of amidine groups is 1. The Morgan fingerprint density at radius 1 is 1.38 bits per heavy atom. The van der Waals surface area contributed by atoms with E-state index in [9.17, 15) is 0 Å². The molecule has 1 saturated carbocycles. The lowest BCUT2D eigenvalue weighted by Crippen LogP contribution is -2.40. The van der Waals surface area contributed by atoms with Crippen molar-refractivity contribution in [2.24, 2.45) is 22.7 Å². The van der Waals surface area contributed by atoms with Crippen LogP contribution in [0.15, 0.2) is 23.4 Å². The van der Waals surface area contributed by atoms with E-state index in [0.29, 0.717) is 6.04 Å². The molecule has 0 aromatic heterocycles. The summed E-state index contributed by atoms with van der Waals surface area (Å²) in [7, 11) is 0. The number of benzene rings is 1. The Labute approximate surface area is 127 Å². The quantitative estimate of drug-likeness (QED) is 0.345. The summed E-state index contributed by atoms with van der Waals surface area (Å²) in [5, 5.41) is 15.5. The van der Waals surface area contributed by atoms with Crippen LogP contribution in [0.3, 0.4) is 0 Å². The molecule has 3 atom stereocenters. The van der Waals surface area contributed by atoms with E-state index in [4.69, 9.17) is 10.9 Å². The fraction of sp³-hybridized carbons (Fsp3) is 0.588. The summed E-state index contributed by atoms with van der Waals surface area (Å²) in [5.74, 6) is 1.70. The Bertz CT molecular complexity index is 513. The van der Waals surface area contributed by atoms with Crippen LogP contribution in [-0.2, 0) is 6.54 Å². The number of oxime groups is 1. The number of rotatable bonds is 4. The summed E-state index contributed by atoms with van der Waals surface area (Å²) < 4.78 is 0. The van der Waals surface area contributed by atoms with E-state index in [1.807, 2.05) is 12.1 Å². The van der Waals surface area contributed by atoms with Gasteiger partial charge in [-0.2, -0.15) is 0 Å². The largest absolute Gasteiger partial charge is 0.409 e. The normalized spacial score (nSPS) is 26.8. The molecular weight excluding hydrogens is 262 g/mol. The van der Waals surface area contributed by atoms with E-state index in [1.54, 1.807) is 0 Å². The topological polar surface area (TPSA) is 70.6 Å². The highest BCUT2D eigenvalue weighted by Gasteiger charge is 2.26. The first-order chi connectivity index (χ1) is 10.0. The molecule has 0 saturated heterocycles. The van der Waals surface area contributed by atoms with Gasteiger partial charge in [0.15, 0.2) is 5.84 Å². The number of nitrogens with two attached hydrogens (primary N) is 1. The van der Waals surface area contributed by atoms with Crippen LogP contribution in [0.5, 0.6) is 0 Å². The number of nitrogens with zero attached hydrogens (tertiary/aromatic N) is 1. The predicted molar refractivity (Wildman–Crippen MR) is 86.5 cm³/mol. The van der Waals surface area contributed by atoms with Crippen LogP contribution in [0.25, 0.3) is 0 Å². The van der Waals surface area contributed by atoms with Gasteiger partial charge in [-0.3, -0.25) is 0 Å². The van der Waals surface area contributed by atoms with Crippen molar-refractivity contribution in [2.45, 2.75) is 52.6 Å². The van der Waals surface area contributed by atoms with Gasteiger partial charge in [-0.25, -0.2) is 0 Å². The van der Waals surface area contributed by atoms with E-state index < -0.39 is 0 Å². The molecule has 4 heteroatoms. The van der Waals surface area contributed by atoms with E-state index in [0.717, 1.165) is 23.9 Å². The summed E-state index contributed by atoms with van der Waals surface area (Å²) in [4.78, 5) is 0. The fourth-order valence-electron chi connectivity index (χ4n) is 3.22. The maximum atomic E-state index is 8.73. The summed E-state index contributed by atoms with van der Waals surface area (Å²) in [5.41, 5.74) is 8.83. The summed E-state index contributed by atoms with van der Waals surface area (Å²) in [6, 6.07) is 6.55. The van der Waals surface area contributed by atoms with Gasteiger partial charge in [0.05, 0.1) is 0 Å². The second-order valence-electron chi connectivity index (χ2n) is 6.38. The molecule has 0 bridgehead atoms. The van der Waals surface area contributed by atoms with E-state index in [2.05, 4.69) is 37.3 Å². The Hall–Kier alpha value is -1.55. The lowest BCUT2D eigenvalue weighted by molar-refractivity contribution is 0.206. The molecule has 1 aliphatic carbocycles. The second-order valence-corrected chi connectivity index (χ2v) is 6.38. The van der Waals surface area contributed by atoms with E-state index >= 15 is 0 Å². The molecule has 1 fully saturated rings. The van der Waals surface area contributed by atoms with Crippen LogP contribution in [0.4, 0.5) is 0 Å². The van der Waals surface area contributed by atoms with Crippen molar-refractivity contribution in [2.75, 3.05) is 0 Å². The Balaban J connectivity index is 2.00. The van der Waals surface area contributed by atoms with Crippen molar-refractivity contribution in [3.8, 4) is 0 Å². The van der Waals surface area contributed by atoms with Gasteiger partial charge in [0.2, 0.25) is 0 Å². The van der Waals surface area contributed by atoms with Gasteiger partial charge in [0.25, 0.3) is 0 Å². The Kier molecular flexibility index (Phi) is 5.23. The first kappa shape index (κ1) is 15.8. The van der Waals surface area contributed by atoms with Gasteiger partial charge in [-0.15, -0.1) is 0 Å². The summed E-state index contributed by atoms with van der Waals surface area (Å²) in [6.07, 6.45) is 3.95. The van der Waals surface area contributed by atoms with Crippen LogP contribution in [-0.4, -0.2) is 17.1 Å². The fourth-order valence-corrected chi connectivity index (χ4v) is 3.22. The lowest BCUT2D eigenvalue weighted by atomic mass is 9.78. The van der Waals surface area contributed by atoms with Crippen LogP contribution >= 0.6 is 0 Å². The molecule has 4 nitrogen and oxygen atoms in total.